The Morgan fingerprint density at radius 3 is 1.94 bits per heavy atom. The summed E-state index contributed by atoms with van der Waals surface area (Å²) >= 11 is 0. The molecule has 0 bridgehead atoms. The Morgan fingerprint density at radius 2 is 1.56 bits per heavy atom. The maximum Gasteiger partial charge on any atom is 0.0702 e. The molecule has 0 atom stereocenters. The molecule has 0 heterocycles. The number of benzene rings is 1. The van der Waals surface area contributed by atoms with Gasteiger partial charge in [0.05, 0.1) is 11.5 Å². The molecule has 0 aliphatic heterocycles. The fraction of sp³-hybridized carbons (Fsp3) is 0.562. The van der Waals surface area contributed by atoms with Crippen molar-refractivity contribution in [3.8, 4) is 6.07 Å². The van der Waals surface area contributed by atoms with Gasteiger partial charge in [0, 0.05) is 19.3 Å². The molecule has 98 valence electrons. The molecular weight excluding hydrogens is 220 g/mol. The molecule has 2 heteroatoms. The lowest BCUT2D eigenvalue weighted by atomic mass is 9.87. The molecule has 0 saturated carbocycles. The highest BCUT2D eigenvalue weighted by Gasteiger charge is 2.20. The fourth-order valence-corrected chi connectivity index (χ4v) is 1.94. The van der Waals surface area contributed by atoms with Crippen LogP contribution >= 0.6 is 0 Å². The molecule has 18 heavy (non-hydrogen) atoms. The van der Waals surface area contributed by atoms with Crippen molar-refractivity contribution in [1.29, 1.82) is 5.26 Å². The quantitative estimate of drug-likeness (QED) is 0.804. The zero-order chi connectivity index (χ0) is 14.0. The first kappa shape index (κ1) is 14.6. The van der Waals surface area contributed by atoms with Crippen molar-refractivity contribution in [1.82, 2.24) is 0 Å². The summed E-state index contributed by atoms with van der Waals surface area (Å²) in [7, 11) is 2.03. The summed E-state index contributed by atoms with van der Waals surface area (Å²) in [5, 5.41) is 9.06. The van der Waals surface area contributed by atoms with E-state index in [0.717, 1.165) is 12.2 Å². The highest BCUT2D eigenvalue weighted by molar-refractivity contribution is 5.48. The molecule has 0 fully saturated rings. The second kappa shape index (κ2) is 5.02. The third-order valence-electron chi connectivity index (χ3n) is 3.11. The van der Waals surface area contributed by atoms with Gasteiger partial charge >= 0.3 is 0 Å². The normalized spacial score (nSPS) is 12.1. The molecule has 0 aliphatic rings. The standard InChI is InChI=1S/C16H24N2/c1-15(2,3)13-7-9-14(10-8-13)18(6)12-16(4,5)11-17/h7-10H,12H2,1-6H3. The maximum atomic E-state index is 9.06. The van der Waals surface area contributed by atoms with Crippen LogP contribution in [0.5, 0.6) is 0 Å². The van der Waals surface area contributed by atoms with E-state index in [0.29, 0.717) is 0 Å². The molecule has 0 amide bonds. The fourth-order valence-electron chi connectivity index (χ4n) is 1.94. The van der Waals surface area contributed by atoms with Crippen molar-refractivity contribution >= 4 is 5.69 Å². The first-order valence-electron chi connectivity index (χ1n) is 6.39. The van der Waals surface area contributed by atoms with Gasteiger partial charge in [-0.3, -0.25) is 0 Å². The van der Waals surface area contributed by atoms with Gasteiger partial charge < -0.3 is 4.90 Å². The molecule has 1 aromatic carbocycles. The van der Waals surface area contributed by atoms with Gasteiger partial charge in [0.2, 0.25) is 0 Å². The highest BCUT2D eigenvalue weighted by atomic mass is 15.1. The number of nitrogens with zero attached hydrogens (tertiary/aromatic N) is 2. The van der Waals surface area contributed by atoms with Gasteiger partial charge in [-0.15, -0.1) is 0 Å². The van der Waals surface area contributed by atoms with E-state index >= 15 is 0 Å². The van der Waals surface area contributed by atoms with Gasteiger partial charge in [0.25, 0.3) is 0 Å². The van der Waals surface area contributed by atoms with Crippen molar-refractivity contribution in [2.45, 2.75) is 40.0 Å². The van der Waals surface area contributed by atoms with Gasteiger partial charge in [-0.05, 0) is 37.0 Å². The molecule has 0 radical (unpaired) electrons. The average Bonchev–Trinajstić information content (AvgIpc) is 2.27. The van der Waals surface area contributed by atoms with Crippen LogP contribution in [0.2, 0.25) is 0 Å². The lowest BCUT2D eigenvalue weighted by Crippen LogP contribution is -2.30. The van der Waals surface area contributed by atoms with Gasteiger partial charge in [-0.2, -0.15) is 5.26 Å². The molecule has 2 nitrogen and oxygen atoms in total. The number of hydrogen-bond donors (Lipinski definition) is 0. The zero-order valence-corrected chi connectivity index (χ0v) is 12.4. The molecular formula is C16H24N2. The van der Waals surface area contributed by atoms with E-state index in [4.69, 9.17) is 5.26 Å². The van der Waals surface area contributed by atoms with E-state index in [1.165, 1.54) is 5.56 Å². The van der Waals surface area contributed by atoms with Crippen molar-refractivity contribution in [3.05, 3.63) is 29.8 Å². The Bertz CT molecular complexity index is 430. The third-order valence-corrected chi connectivity index (χ3v) is 3.11. The predicted molar refractivity (Wildman–Crippen MR) is 77.8 cm³/mol. The second-order valence-corrected chi connectivity index (χ2v) is 6.65. The molecule has 0 N–H and O–H groups in total. The number of hydrogen-bond acceptors (Lipinski definition) is 2. The predicted octanol–water partition coefficient (Wildman–Crippen LogP) is 3.97. The summed E-state index contributed by atoms with van der Waals surface area (Å²) in [4.78, 5) is 2.13. The van der Waals surface area contributed by atoms with E-state index in [1.807, 2.05) is 20.9 Å². The average molecular weight is 244 g/mol. The highest BCUT2D eigenvalue weighted by Crippen LogP contribution is 2.26. The summed E-state index contributed by atoms with van der Waals surface area (Å²) < 4.78 is 0. The molecule has 0 saturated heterocycles. The van der Waals surface area contributed by atoms with Crippen molar-refractivity contribution in [2.24, 2.45) is 5.41 Å². The van der Waals surface area contributed by atoms with Crippen LogP contribution in [0, 0.1) is 16.7 Å². The smallest absolute Gasteiger partial charge is 0.0702 e. The first-order valence-corrected chi connectivity index (χ1v) is 6.39. The minimum absolute atomic E-state index is 0.184. The summed E-state index contributed by atoms with van der Waals surface area (Å²) in [6.45, 7) is 11.3. The molecule has 0 aromatic heterocycles. The number of rotatable bonds is 3. The SMILES string of the molecule is CN(CC(C)(C)C#N)c1ccc(C(C)(C)C)cc1. The van der Waals surface area contributed by atoms with E-state index in [-0.39, 0.29) is 10.8 Å². The Kier molecular flexibility index (Phi) is 4.06. The molecule has 1 aromatic rings. The second-order valence-electron chi connectivity index (χ2n) is 6.65. The summed E-state index contributed by atoms with van der Waals surface area (Å²) in [5.41, 5.74) is 2.35. The molecule has 0 spiro atoms. The monoisotopic (exact) mass is 244 g/mol. The zero-order valence-electron chi connectivity index (χ0n) is 12.4. The Hall–Kier alpha value is -1.49. The van der Waals surface area contributed by atoms with Crippen molar-refractivity contribution < 1.29 is 0 Å². The van der Waals surface area contributed by atoms with Crippen molar-refractivity contribution in [3.63, 3.8) is 0 Å². The summed E-state index contributed by atoms with van der Waals surface area (Å²) in [6.07, 6.45) is 0. The summed E-state index contributed by atoms with van der Waals surface area (Å²) in [5.74, 6) is 0. The maximum absolute atomic E-state index is 9.06. The topological polar surface area (TPSA) is 27.0 Å². The van der Waals surface area contributed by atoms with Crippen LogP contribution in [-0.2, 0) is 5.41 Å². The van der Waals surface area contributed by atoms with E-state index in [1.54, 1.807) is 0 Å². The van der Waals surface area contributed by atoms with Crippen LogP contribution in [0.15, 0.2) is 24.3 Å². The largest absolute Gasteiger partial charge is 0.373 e. The van der Waals surface area contributed by atoms with Crippen LogP contribution in [0.4, 0.5) is 5.69 Å². The van der Waals surface area contributed by atoms with Crippen LogP contribution in [-0.4, -0.2) is 13.6 Å². The van der Waals surface area contributed by atoms with Gasteiger partial charge in [0.15, 0.2) is 0 Å². The summed E-state index contributed by atoms with van der Waals surface area (Å²) in [6, 6.07) is 10.9. The lowest BCUT2D eigenvalue weighted by Gasteiger charge is -2.27. The van der Waals surface area contributed by atoms with E-state index in [9.17, 15) is 0 Å². The van der Waals surface area contributed by atoms with Crippen LogP contribution < -0.4 is 4.90 Å². The molecule has 1 rings (SSSR count). The van der Waals surface area contributed by atoms with Gasteiger partial charge in [-0.25, -0.2) is 0 Å². The molecule has 0 unspecified atom stereocenters. The molecule has 0 aliphatic carbocycles. The number of anilines is 1. The van der Waals surface area contributed by atoms with Gasteiger partial charge in [0.1, 0.15) is 0 Å². The lowest BCUT2D eigenvalue weighted by molar-refractivity contribution is 0.497. The van der Waals surface area contributed by atoms with E-state index < -0.39 is 0 Å². The Labute approximate surface area is 111 Å². The van der Waals surface area contributed by atoms with Crippen LogP contribution in [0.1, 0.15) is 40.2 Å². The Morgan fingerprint density at radius 1 is 1.06 bits per heavy atom. The first-order chi connectivity index (χ1) is 8.15. The van der Waals surface area contributed by atoms with Crippen molar-refractivity contribution in [2.75, 3.05) is 18.5 Å². The Balaban J connectivity index is 2.84. The minimum Gasteiger partial charge on any atom is -0.373 e. The third kappa shape index (κ3) is 3.77. The van der Waals surface area contributed by atoms with Crippen LogP contribution in [0.3, 0.4) is 0 Å². The minimum atomic E-state index is -0.322. The van der Waals surface area contributed by atoms with Gasteiger partial charge in [-0.1, -0.05) is 32.9 Å². The number of nitriles is 1. The van der Waals surface area contributed by atoms with Crippen LogP contribution in [0.25, 0.3) is 0 Å². The van der Waals surface area contributed by atoms with E-state index in [2.05, 4.69) is 56.0 Å².